The first kappa shape index (κ1) is 15.7. The van der Waals surface area contributed by atoms with Crippen molar-refractivity contribution in [3.63, 3.8) is 0 Å². The second-order valence-electron chi connectivity index (χ2n) is 5.49. The van der Waals surface area contributed by atoms with Gasteiger partial charge in [0, 0.05) is 50.0 Å². The van der Waals surface area contributed by atoms with Crippen molar-refractivity contribution < 1.29 is 4.92 Å². The van der Waals surface area contributed by atoms with Crippen molar-refractivity contribution in [3.8, 4) is 0 Å². The van der Waals surface area contributed by atoms with E-state index in [4.69, 9.17) is 11.6 Å². The van der Waals surface area contributed by atoms with Gasteiger partial charge in [-0.1, -0.05) is 23.7 Å². The third kappa shape index (κ3) is 3.78. The summed E-state index contributed by atoms with van der Waals surface area (Å²) in [5.41, 5.74) is 1.28. The SMILES string of the molecule is O=[N+]([O-])c1cccnc1N1CCN(Cc2ccc(Cl)cc2)CC1. The molecular formula is C16H17ClN4O2. The molecule has 6 nitrogen and oxygen atoms in total. The van der Waals surface area contributed by atoms with Gasteiger partial charge < -0.3 is 4.90 Å². The largest absolute Gasteiger partial charge is 0.348 e. The molecule has 1 aromatic heterocycles. The van der Waals surface area contributed by atoms with Gasteiger partial charge in [-0.2, -0.15) is 0 Å². The zero-order valence-electron chi connectivity index (χ0n) is 12.6. The normalized spacial score (nSPS) is 15.6. The van der Waals surface area contributed by atoms with Crippen molar-refractivity contribution in [2.45, 2.75) is 6.54 Å². The molecule has 1 aliphatic rings. The van der Waals surface area contributed by atoms with E-state index in [0.717, 1.165) is 37.7 Å². The number of aromatic nitrogens is 1. The molecule has 1 saturated heterocycles. The van der Waals surface area contributed by atoms with Crippen molar-refractivity contribution in [3.05, 3.63) is 63.3 Å². The Balaban J connectivity index is 1.62. The summed E-state index contributed by atoms with van der Waals surface area (Å²) in [7, 11) is 0. The van der Waals surface area contributed by atoms with E-state index in [0.29, 0.717) is 5.82 Å². The topological polar surface area (TPSA) is 62.5 Å². The maximum absolute atomic E-state index is 11.1. The van der Waals surface area contributed by atoms with Crippen molar-refractivity contribution in [1.82, 2.24) is 9.88 Å². The maximum Gasteiger partial charge on any atom is 0.311 e. The molecule has 2 aromatic rings. The minimum atomic E-state index is -0.373. The second-order valence-corrected chi connectivity index (χ2v) is 5.93. The third-order valence-electron chi connectivity index (χ3n) is 3.95. The minimum Gasteiger partial charge on any atom is -0.348 e. The van der Waals surface area contributed by atoms with Gasteiger partial charge >= 0.3 is 5.69 Å². The van der Waals surface area contributed by atoms with Gasteiger partial charge in [-0.25, -0.2) is 4.98 Å². The molecule has 1 aromatic carbocycles. The summed E-state index contributed by atoms with van der Waals surface area (Å²) in [5.74, 6) is 0.462. The summed E-state index contributed by atoms with van der Waals surface area (Å²) in [6, 6.07) is 10.9. The third-order valence-corrected chi connectivity index (χ3v) is 4.21. The number of nitrogens with zero attached hydrogens (tertiary/aromatic N) is 4. The lowest BCUT2D eigenvalue weighted by molar-refractivity contribution is -0.384. The molecule has 3 rings (SSSR count). The molecular weight excluding hydrogens is 316 g/mol. The molecule has 0 amide bonds. The predicted molar refractivity (Wildman–Crippen MR) is 89.8 cm³/mol. The van der Waals surface area contributed by atoms with Gasteiger partial charge in [0.25, 0.3) is 0 Å². The standard InChI is InChI=1S/C16H17ClN4O2/c17-14-5-3-13(4-6-14)12-19-8-10-20(11-9-19)16-15(21(22)23)2-1-7-18-16/h1-7H,8-12H2. The maximum atomic E-state index is 11.1. The zero-order chi connectivity index (χ0) is 16.2. The summed E-state index contributed by atoms with van der Waals surface area (Å²) in [4.78, 5) is 19.2. The number of nitro groups is 1. The van der Waals surface area contributed by atoms with Crippen LogP contribution in [-0.4, -0.2) is 41.0 Å². The van der Waals surface area contributed by atoms with Gasteiger partial charge in [0.15, 0.2) is 0 Å². The first-order valence-corrected chi connectivity index (χ1v) is 7.82. The number of hydrogen-bond donors (Lipinski definition) is 0. The molecule has 23 heavy (non-hydrogen) atoms. The number of anilines is 1. The van der Waals surface area contributed by atoms with E-state index >= 15 is 0 Å². The first-order valence-electron chi connectivity index (χ1n) is 7.44. The van der Waals surface area contributed by atoms with E-state index in [2.05, 4.69) is 9.88 Å². The summed E-state index contributed by atoms with van der Waals surface area (Å²) >= 11 is 5.90. The molecule has 2 heterocycles. The van der Waals surface area contributed by atoms with Gasteiger partial charge in [0.1, 0.15) is 0 Å². The average Bonchev–Trinajstić information content (AvgIpc) is 2.58. The molecule has 0 atom stereocenters. The Morgan fingerprint density at radius 3 is 2.48 bits per heavy atom. The number of hydrogen-bond acceptors (Lipinski definition) is 5. The van der Waals surface area contributed by atoms with Crippen LogP contribution in [0.3, 0.4) is 0 Å². The Morgan fingerprint density at radius 2 is 1.83 bits per heavy atom. The summed E-state index contributed by atoms with van der Waals surface area (Å²) in [6.07, 6.45) is 1.60. The van der Waals surface area contributed by atoms with Crippen LogP contribution in [0.5, 0.6) is 0 Å². The van der Waals surface area contributed by atoms with Crippen molar-refractivity contribution >= 4 is 23.1 Å². The molecule has 1 aliphatic heterocycles. The molecule has 0 saturated carbocycles. The van der Waals surface area contributed by atoms with Crippen LogP contribution in [0.2, 0.25) is 5.02 Å². The molecule has 0 radical (unpaired) electrons. The van der Waals surface area contributed by atoms with Crippen molar-refractivity contribution in [2.75, 3.05) is 31.1 Å². The van der Waals surface area contributed by atoms with Gasteiger partial charge in [0.2, 0.25) is 5.82 Å². The van der Waals surface area contributed by atoms with Gasteiger partial charge in [-0.15, -0.1) is 0 Å². The fourth-order valence-electron chi connectivity index (χ4n) is 2.74. The van der Waals surface area contributed by atoms with Crippen molar-refractivity contribution in [1.29, 1.82) is 0 Å². The summed E-state index contributed by atoms with van der Waals surface area (Å²) in [5, 5.41) is 11.9. The molecule has 7 heteroatoms. The van der Waals surface area contributed by atoms with E-state index in [1.807, 2.05) is 29.2 Å². The zero-order valence-corrected chi connectivity index (χ0v) is 13.3. The minimum absolute atomic E-state index is 0.0682. The lowest BCUT2D eigenvalue weighted by atomic mass is 10.2. The highest BCUT2D eigenvalue weighted by molar-refractivity contribution is 6.30. The van der Waals surface area contributed by atoms with Crippen LogP contribution in [0.25, 0.3) is 0 Å². The lowest BCUT2D eigenvalue weighted by Crippen LogP contribution is -2.46. The highest BCUT2D eigenvalue weighted by Gasteiger charge is 2.24. The Bertz CT molecular complexity index is 685. The first-order chi connectivity index (χ1) is 11.1. The molecule has 0 bridgehead atoms. The molecule has 120 valence electrons. The number of halogens is 1. The summed E-state index contributed by atoms with van der Waals surface area (Å²) in [6.45, 7) is 4.00. The van der Waals surface area contributed by atoms with E-state index in [-0.39, 0.29) is 10.6 Å². The molecule has 0 aliphatic carbocycles. The molecule has 0 spiro atoms. The van der Waals surface area contributed by atoms with Crippen LogP contribution >= 0.6 is 11.6 Å². The number of rotatable bonds is 4. The number of piperazine rings is 1. The Hall–Kier alpha value is -2.18. The fraction of sp³-hybridized carbons (Fsp3) is 0.312. The van der Waals surface area contributed by atoms with E-state index < -0.39 is 0 Å². The van der Waals surface area contributed by atoms with E-state index in [1.165, 1.54) is 11.6 Å². The van der Waals surface area contributed by atoms with Crippen molar-refractivity contribution in [2.24, 2.45) is 0 Å². The fourth-order valence-corrected chi connectivity index (χ4v) is 2.87. The Labute approximate surface area is 139 Å². The highest BCUT2D eigenvalue weighted by Crippen LogP contribution is 2.26. The number of benzene rings is 1. The Kier molecular flexibility index (Phi) is 4.73. The van der Waals surface area contributed by atoms with Crippen LogP contribution in [0.1, 0.15) is 5.56 Å². The predicted octanol–water partition coefficient (Wildman–Crippen LogP) is 2.97. The van der Waals surface area contributed by atoms with E-state index in [1.54, 1.807) is 12.3 Å². The Morgan fingerprint density at radius 1 is 1.13 bits per heavy atom. The van der Waals surface area contributed by atoms with Crippen LogP contribution in [0, 0.1) is 10.1 Å². The van der Waals surface area contributed by atoms with Gasteiger partial charge in [0.05, 0.1) is 4.92 Å². The molecule has 0 unspecified atom stereocenters. The van der Waals surface area contributed by atoms with Gasteiger partial charge in [-0.05, 0) is 23.8 Å². The second kappa shape index (κ2) is 6.93. The van der Waals surface area contributed by atoms with E-state index in [9.17, 15) is 10.1 Å². The monoisotopic (exact) mass is 332 g/mol. The quantitative estimate of drug-likeness (QED) is 0.636. The van der Waals surface area contributed by atoms with Crippen LogP contribution in [0.15, 0.2) is 42.6 Å². The lowest BCUT2D eigenvalue weighted by Gasteiger charge is -2.35. The molecule has 0 N–H and O–H groups in total. The van der Waals surface area contributed by atoms with Crippen LogP contribution in [-0.2, 0) is 6.54 Å². The average molecular weight is 333 g/mol. The summed E-state index contributed by atoms with van der Waals surface area (Å²) < 4.78 is 0. The van der Waals surface area contributed by atoms with Crippen LogP contribution < -0.4 is 4.90 Å². The smallest absolute Gasteiger partial charge is 0.311 e. The molecule has 1 fully saturated rings. The highest BCUT2D eigenvalue weighted by atomic mass is 35.5. The number of pyridine rings is 1. The van der Waals surface area contributed by atoms with Crippen LogP contribution in [0.4, 0.5) is 11.5 Å². The van der Waals surface area contributed by atoms with Gasteiger partial charge in [-0.3, -0.25) is 15.0 Å².